The maximum atomic E-state index is 13.6. The second-order valence-electron chi connectivity index (χ2n) is 15.4. The number of unbranched alkanes of at least 4 members (excludes halogenated alkanes) is 11. The molecular formula is C44H68N2O8. The van der Waals surface area contributed by atoms with Gasteiger partial charge in [-0.1, -0.05) is 107 Å². The fourth-order valence-electron chi connectivity index (χ4n) is 7.23. The summed E-state index contributed by atoms with van der Waals surface area (Å²) in [5.41, 5.74) is 10.7. The first-order chi connectivity index (χ1) is 25.9. The van der Waals surface area contributed by atoms with Crippen molar-refractivity contribution in [2.75, 3.05) is 0 Å². The summed E-state index contributed by atoms with van der Waals surface area (Å²) in [6, 6.07) is 4.70. The number of benzene rings is 1. The van der Waals surface area contributed by atoms with Crippen LogP contribution in [0.3, 0.4) is 0 Å². The van der Waals surface area contributed by atoms with Crippen LogP contribution in [0.5, 0.6) is 0 Å². The van der Waals surface area contributed by atoms with Crippen molar-refractivity contribution in [1.29, 1.82) is 0 Å². The Morgan fingerprint density at radius 3 is 1.96 bits per heavy atom. The summed E-state index contributed by atoms with van der Waals surface area (Å²) < 4.78 is 0. The van der Waals surface area contributed by atoms with Crippen LogP contribution in [0.25, 0.3) is 5.57 Å². The van der Waals surface area contributed by atoms with Crippen LogP contribution in [-0.4, -0.2) is 57.5 Å². The summed E-state index contributed by atoms with van der Waals surface area (Å²) in [5, 5.41) is 21.4. The van der Waals surface area contributed by atoms with Crippen LogP contribution in [0, 0.1) is 12.8 Å². The van der Waals surface area contributed by atoms with Crippen LogP contribution >= 0.6 is 0 Å². The van der Waals surface area contributed by atoms with Crippen LogP contribution in [0.1, 0.15) is 178 Å². The fourth-order valence-corrected chi connectivity index (χ4v) is 7.23. The maximum absolute atomic E-state index is 13.6. The van der Waals surface area contributed by atoms with Crippen molar-refractivity contribution < 1.29 is 39.0 Å². The number of aryl methyl sites for hydroxylation is 1. The number of allylic oxidation sites excluding steroid dienone is 1. The smallest absolute Gasteiger partial charge is 0.306 e. The highest BCUT2D eigenvalue weighted by atomic mass is 16.4. The van der Waals surface area contributed by atoms with Gasteiger partial charge in [0.1, 0.15) is 11.6 Å². The van der Waals surface area contributed by atoms with E-state index < -0.39 is 29.9 Å². The Labute approximate surface area is 323 Å². The second kappa shape index (κ2) is 27.0. The summed E-state index contributed by atoms with van der Waals surface area (Å²) >= 11 is 0. The number of fused-ring (bicyclic) bond motifs is 1. The second-order valence-corrected chi connectivity index (χ2v) is 15.4. The first kappa shape index (κ1) is 46.5. The van der Waals surface area contributed by atoms with Gasteiger partial charge in [0.25, 0.3) is 0 Å². The predicted molar refractivity (Wildman–Crippen MR) is 213 cm³/mol. The van der Waals surface area contributed by atoms with Crippen LogP contribution in [0.4, 0.5) is 0 Å². The quantitative estimate of drug-likeness (QED) is 0.0511. The van der Waals surface area contributed by atoms with Crippen LogP contribution < -0.4 is 11.1 Å². The molecule has 0 heterocycles. The first-order valence-corrected chi connectivity index (χ1v) is 20.8. The summed E-state index contributed by atoms with van der Waals surface area (Å²) in [6.45, 7) is 4.25. The number of carboxylic acid groups (broad SMARTS) is 2. The van der Waals surface area contributed by atoms with Crippen molar-refractivity contribution in [3.05, 3.63) is 41.0 Å². The largest absolute Gasteiger partial charge is 0.481 e. The molecule has 3 atom stereocenters. The number of carboxylic acids is 2. The molecule has 0 aromatic heterocycles. The molecule has 1 aromatic carbocycles. The molecule has 1 aliphatic rings. The van der Waals surface area contributed by atoms with Crippen molar-refractivity contribution in [3.63, 3.8) is 0 Å². The van der Waals surface area contributed by atoms with E-state index in [4.69, 9.17) is 10.8 Å². The Morgan fingerprint density at radius 1 is 0.722 bits per heavy atom. The van der Waals surface area contributed by atoms with Gasteiger partial charge in [-0.3, -0.25) is 28.8 Å². The van der Waals surface area contributed by atoms with Crippen molar-refractivity contribution in [2.24, 2.45) is 11.7 Å². The van der Waals surface area contributed by atoms with Crippen molar-refractivity contribution in [3.8, 4) is 0 Å². The van der Waals surface area contributed by atoms with Gasteiger partial charge < -0.3 is 21.3 Å². The highest BCUT2D eigenvalue weighted by Crippen LogP contribution is 2.32. The molecule has 10 nitrogen and oxygen atoms in total. The first-order valence-electron chi connectivity index (χ1n) is 20.8. The third-order valence-corrected chi connectivity index (χ3v) is 10.6. The van der Waals surface area contributed by atoms with Gasteiger partial charge in [-0.15, -0.1) is 0 Å². The minimum Gasteiger partial charge on any atom is -0.481 e. The molecule has 0 spiro atoms. The van der Waals surface area contributed by atoms with E-state index in [2.05, 4.69) is 30.4 Å². The zero-order valence-electron chi connectivity index (χ0n) is 33.1. The molecule has 10 heteroatoms. The lowest BCUT2D eigenvalue weighted by atomic mass is 9.92. The lowest BCUT2D eigenvalue weighted by Crippen LogP contribution is -2.48. The van der Waals surface area contributed by atoms with Crippen molar-refractivity contribution >= 4 is 40.8 Å². The van der Waals surface area contributed by atoms with E-state index in [0.29, 0.717) is 44.3 Å². The third-order valence-electron chi connectivity index (χ3n) is 10.6. The lowest BCUT2D eigenvalue weighted by molar-refractivity contribution is -0.144. The molecule has 5 N–H and O–H groups in total. The number of nitrogens with two attached hydrogens (primary N) is 1. The molecule has 0 saturated heterocycles. The number of nitrogens with one attached hydrogen (secondary N) is 1. The SMILES string of the molecule is CCCCCCCCCC(=O)CCCCCCC[C@H](N)C(=O)N[C@H](CC1=CCc2cc(C)ccc21)C(=O)CCCC[C@@H](CC(=O)CCCC(=O)O)C(=O)O. The maximum Gasteiger partial charge on any atom is 0.306 e. The molecule has 0 bridgehead atoms. The summed E-state index contributed by atoms with van der Waals surface area (Å²) in [6.07, 6.45) is 19.2. The van der Waals surface area contributed by atoms with Gasteiger partial charge in [0, 0.05) is 44.9 Å². The van der Waals surface area contributed by atoms with E-state index in [1.54, 1.807) is 0 Å². The lowest BCUT2D eigenvalue weighted by Gasteiger charge is -2.22. The van der Waals surface area contributed by atoms with Gasteiger partial charge in [-0.25, -0.2) is 0 Å². The molecule has 1 aromatic rings. The number of ketones is 3. The summed E-state index contributed by atoms with van der Waals surface area (Å²) in [5.74, 6) is -3.39. The predicted octanol–water partition coefficient (Wildman–Crippen LogP) is 8.62. The molecular weight excluding hydrogens is 684 g/mol. The molecule has 0 aliphatic heterocycles. The van der Waals surface area contributed by atoms with Crippen LogP contribution in [0.15, 0.2) is 24.3 Å². The molecule has 1 aliphatic carbocycles. The topological polar surface area (TPSA) is 181 Å². The minimum absolute atomic E-state index is 0.0260. The third kappa shape index (κ3) is 19.6. The molecule has 1 amide bonds. The molecule has 0 radical (unpaired) electrons. The Bertz CT molecular complexity index is 1390. The summed E-state index contributed by atoms with van der Waals surface area (Å²) in [4.78, 5) is 73.8. The average molecular weight is 753 g/mol. The number of amides is 1. The molecule has 54 heavy (non-hydrogen) atoms. The highest BCUT2D eigenvalue weighted by molar-refractivity contribution is 5.92. The Hall–Kier alpha value is -3.66. The van der Waals surface area contributed by atoms with Crippen LogP contribution in [-0.2, 0) is 35.2 Å². The Kier molecular flexibility index (Phi) is 23.3. The molecule has 302 valence electrons. The normalized spacial score (nSPS) is 13.8. The minimum atomic E-state index is -1.08. The average Bonchev–Trinajstić information content (AvgIpc) is 3.52. The van der Waals surface area contributed by atoms with Gasteiger partial charge in [0.2, 0.25) is 5.91 Å². The van der Waals surface area contributed by atoms with E-state index in [1.165, 1.54) is 37.7 Å². The van der Waals surface area contributed by atoms with Crippen LogP contribution in [0.2, 0.25) is 0 Å². The van der Waals surface area contributed by atoms with Gasteiger partial charge >= 0.3 is 11.9 Å². The van der Waals surface area contributed by atoms with Gasteiger partial charge in [0.05, 0.1) is 18.0 Å². The van der Waals surface area contributed by atoms with Crippen molar-refractivity contribution in [2.45, 2.75) is 186 Å². The number of rotatable bonds is 33. The highest BCUT2D eigenvalue weighted by Gasteiger charge is 2.27. The molecule has 0 fully saturated rings. The Balaban J connectivity index is 1.81. The monoisotopic (exact) mass is 752 g/mol. The van der Waals surface area contributed by atoms with E-state index in [1.807, 2.05) is 13.0 Å². The van der Waals surface area contributed by atoms with Crippen molar-refractivity contribution in [1.82, 2.24) is 5.32 Å². The van der Waals surface area contributed by atoms with E-state index in [9.17, 15) is 33.9 Å². The molecule has 2 rings (SSSR count). The fraction of sp³-hybridized carbons (Fsp3) is 0.682. The molecule has 0 saturated carbocycles. The number of carbonyl (C=O) groups excluding carboxylic acids is 4. The Morgan fingerprint density at radius 2 is 1.31 bits per heavy atom. The van der Waals surface area contributed by atoms with E-state index >= 15 is 0 Å². The number of hydrogen-bond acceptors (Lipinski definition) is 7. The molecule has 0 unspecified atom stereocenters. The summed E-state index contributed by atoms with van der Waals surface area (Å²) in [7, 11) is 0. The number of Topliss-reactive ketones (excluding diaryl/α,β-unsaturated/α-hetero) is 3. The van der Waals surface area contributed by atoms with Gasteiger partial charge in [0.15, 0.2) is 5.78 Å². The zero-order chi connectivity index (χ0) is 39.7. The number of carbonyl (C=O) groups is 6. The number of aliphatic carboxylic acids is 2. The zero-order valence-corrected chi connectivity index (χ0v) is 33.1. The van der Waals surface area contributed by atoms with E-state index in [0.717, 1.165) is 68.1 Å². The van der Waals surface area contributed by atoms with E-state index in [-0.39, 0.29) is 56.0 Å². The number of hydrogen-bond donors (Lipinski definition) is 4. The van der Waals surface area contributed by atoms with Gasteiger partial charge in [-0.2, -0.15) is 0 Å². The van der Waals surface area contributed by atoms with Gasteiger partial charge in [-0.05, 0) is 68.6 Å². The standard InChI is InChI=1S/C44H68N2O8/c1-3-4-5-6-7-9-12-19-36(47)20-13-10-8-11-14-22-39(45)43(52)46-40(31-34-27-26-33-29-32(2)25-28-38(33)34)41(49)23-16-15-18-35(44(53)54)30-37(48)21-17-24-42(50)51/h25,27-29,35,39-40H,3-24,26,30-31,45H2,1-2H3,(H,46,52)(H,50,51)(H,53,54)/t35-,39-,40+/m0/s1.